The van der Waals surface area contributed by atoms with Gasteiger partial charge in [0, 0.05) is 18.8 Å². The first-order valence-electron chi connectivity index (χ1n) is 6.06. The first kappa shape index (κ1) is 15.0. The number of rotatable bonds is 4. The van der Waals surface area contributed by atoms with Crippen molar-refractivity contribution in [3.8, 4) is 0 Å². The summed E-state index contributed by atoms with van der Waals surface area (Å²) in [5.74, 6) is 0. The molecule has 20 heavy (non-hydrogen) atoms. The predicted molar refractivity (Wildman–Crippen MR) is 79.5 cm³/mol. The average molecular weight is 312 g/mol. The molecule has 0 radical (unpaired) electrons. The summed E-state index contributed by atoms with van der Waals surface area (Å²) in [6.45, 7) is 3.41. The lowest BCUT2D eigenvalue weighted by atomic mass is 10.1. The Hall–Kier alpha value is -1.44. The van der Waals surface area contributed by atoms with Gasteiger partial charge in [0.2, 0.25) is 0 Å². The summed E-state index contributed by atoms with van der Waals surface area (Å²) in [7, 11) is -2.15. The van der Waals surface area contributed by atoms with E-state index in [4.69, 9.17) is 0 Å². The minimum atomic E-state index is -3.68. The van der Waals surface area contributed by atoms with Crippen LogP contribution in [0.4, 0.5) is 0 Å². The predicted octanol–water partition coefficient (Wildman–Crippen LogP) is 2.13. The van der Waals surface area contributed by atoms with Gasteiger partial charge in [-0.1, -0.05) is 41.7 Å². The fraction of sp³-hybridized carbons (Fsp3) is 0.308. The highest BCUT2D eigenvalue weighted by molar-refractivity contribution is 7.91. The van der Waals surface area contributed by atoms with Crippen molar-refractivity contribution in [2.45, 2.75) is 24.1 Å². The van der Waals surface area contributed by atoms with Crippen LogP contribution in [0.5, 0.6) is 0 Å². The lowest BCUT2D eigenvalue weighted by molar-refractivity contribution is 0.399. The molecule has 2 rings (SSSR count). The van der Waals surface area contributed by atoms with Gasteiger partial charge in [-0.25, -0.2) is 8.42 Å². The number of aromatic amines is 1. The van der Waals surface area contributed by atoms with E-state index in [1.807, 2.05) is 37.3 Å². The topological polar surface area (TPSA) is 70.2 Å². The van der Waals surface area contributed by atoms with Crippen LogP contribution in [0, 0.1) is 6.92 Å². The molecule has 1 atom stereocenters. The highest BCUT2D eigenvalue weighted by Gasteiger charge is 2.29. The Labute approximate surface area is 121 Å². The summed E-state index contributed by atoms with van der Waals surface area (Å²) in [5.41, 5.74) is 1.28. The Balaban J connectivity index is 2.40. The van der Waals surface area contributed by atoms with Crippen LogP contribution in [-0.4, -0.2) is 24.8 Å². The largest absolute Gasteiger partial charge is 0.315 e. The van der Waals surface area contributed by atoms with E-state index in [-0.39, 0.29) is 15.1 Å². The molecule has 1 heterocycles. The van der Waals surface area contributed by atoms with Crippen LogP contribution < -0.4 is 4.87 Å². The smallest absolute Gasteiger partial charge is 0.305 e. The maximum Gasteiger partial charge on any atom is 0.305 e. The van der Waals surface area contributed by atoms with E-state index in [9.17, 15) is 13.2 Å². The zero-order chi connectivity index (χ0) is 14.9. The summed E-state index contributed by atoms with van der Waals surface area (Å²) >= 11 is 0.721. The second-order valence-electron chi connectivity index (χ2n) is 4.53. The first-order chi connectivity index (χ1) is 9.34. The van der Waals surface area contributed by atoms with Crippen molar-refractivity contribution < 1.29 is 8.42 Å². The van der Waals surface area contributed by atoms with Gasteiger partial charge in [-0.2, -0.15) is 4.31 Å². The summed E-state index contributed by atoms with van der Waals surface area (Å²) < 4.78 is 26.5. The summed E-state index contributed by atoms with van der Waals surface area (Å²) in [6, 6.07) is 9.06. The van der Waals surface area contributed by atoms with E-state index in [0.29, 0.717) is 5.69 Å². The number of thiazole rings is 1. The molecule has 1 aromatic carbocycles. The Kier molecular flexibility index (Phi) is 4.12. The van der Waals surface area contributed by atoms with Gasteiger partial charge < -0.3 is 4.98 Å². The van der Waals surface area contributed by atoms with Crippen molar-refractivity contribution in [3.05, 3.63) is 51.3 Å². The number of aromatic nitrogens is 1. The molecule has 0 bridgehead atoms. The maximum atomic E-state index is 12.6. The van der Waals surface area contributed by atoms with E-state index in [0.717, 1.165) is 16.9 Å². The van der Waals surface area contributed by atoms with Gasteiger partial charge in [0.05, 0.1) is 0 Å². The minimum absolute atomic E-state index is 0.0766. The van der Waals surface area contributed by atoms with Gasteiger partial charge in [-0.3, -0.25) is 4.79 Å². The zero-order valence-corrected chi connectivity index (χ0v) is 13.1. The standard InChI is InChI=1S/C13H16N2O3S2/c1-9-12(19-13(16)14-9)20(17,18)15(3)10(2)11-7-5-4-6-8-11/h4-8,10H,1-3H3,(H,14,16). The van der Waals surface area contributed by atoms with Gasteiger partial charge >= 0.3 is 4.87 Å². The lowest BCUT2D eigenvalue weighted by Crippen LogP contribution is -2.29. The minimum Gasteiger partial charge on any atom is -0.315 e. The van der Waals surface area contributed by atoms with Crippen molar-refractivity contribution in [3.63, 3.8) is 0 Å². The molecule has 0 saturated carbocycles. The fourth-order valence-electron chi connectivity index (χ4n) is 1.92. The number of nitrogens with one attached hydrogen (secondary N) is 1. The molecule has 108 valence electrons. The third-order valence-corrected chi connectivity index (χ3v) is 6.73. The SMILES string of the molecule is Cc1[nH]c(=O)sc1S(=O)(=O)N(C)C(C)c1ccccc1. The Morgan fingerprint density at radius 2 is 1.85 bits per heavy atom. The molecule has 0 amide bonds. The van der Waals surface area contributed by atoms with E-state index in [1.165, 1.54) is 11.4 Å². The van der Waals surface area contributed by atoms with Crippen molar-refractivity contribution in [2.24, 2.45) is 0 Å². The molecule has 1 unspecified atom stereocenters. The van der Waals surface area contributed by atoms with Gasteiger partial charge in [0.1, 0.15) is 0 Å². The van der Waals surface area contributed by atoms with Crippen LogP contribution in [0.2, 0.25) is 0 Å². The lowest BCUT2D eigenvalue weighted by Gasteiger charge is -2.24. The molecular weight excluding hydrogens is 296 g/mol. The van der Waals surface area contributed by atoms with Crippen LogP contribution in [-0.2, 0) is 10.0 Å². The van der Waals surface area contributed by atoms with E-state index in [1.54, 1.807) is 6.92 Å². The van der Waals surface area contributed by atoms with E-state index < -0.39 is 10.0 Å². The number of hydrogen-bond acceptors (Lipinski definition) is 4. The van der Waals surface area contributed by atoms with E-state index >= 15 is 0 Å². The second-order valence-corrected chi connectivity index (χ2v) is 7.71. The molecule has 0 fully saturated rings. The van der Waals surface area contributed by atoms with Crippen molar-refractivity contribution in [1.29, 1.82) is 0 Å². The highest BCUT2D eigenvalue weighted by Crippen LogP contribution is 2.27. The molecule has 1 aromatic heterocycles. The van der Waals surface area contributed by atoms with Gasteiger partial charge in [0.15, 0.2) is 4.21 Å². The molecule has 2 aromatic rings. The van der Waals surface area contributed by atoms with E-state index in [2.05, 4.69) is 4.98 Å². The first-order valence-corrected chi connectivity index (χ1v) is 8.32. The number of H-pyrrole nitrogens is 1. The van der Waals surface area contributed by atoms with Gasteiger partial charge in [-0.15, -0.1) is 0 Å². The van der Waals surface area contributed by atoms with Crippen LogP contribution in [0.25, 0.3) is 0 Å². The molecular formula is C13H16N2O3S2. The molecule has 0 aliphatic carbocycles. The third-order valence-electron chi connectivity index (χ3n) is 3.22. The highest BCUT2D eigenvalue weighted by atomic mass is 32.2. The third kappa shape index (κ3) is 2.70. The Morgan fingerprint density at radius 3 is 2.35 bits per heavy atom. The van der Waals surface area contributed by atoms with Crippen molar-refractivity contribution in [2.75, 3.05) is 7.05 Å². The maximum absolute atomic E-state index is 12.6. The molecule has 7 heteroatoms. The summed E-state index contributed by atoms with van der Waals surface area (Å²) in [4.78, 5) is 13.4. The number of nitrogens with zero attached hydrogens (tertiary/aromatic N) is 1. The molecule has 0 aliphatic heterocycles. The van der Waals surface area contributed by atoms with Gasteiger partial charge in [0.25, 0.3) is 10.0 Å². The summed E-state index contributed by atoms with van der Waals surface area (Å²) in [6.07, 6.45) is 0. The number of aryl methyl sites for hydroxylation is 1. The fourth-order valence-corrected chi connectivity index (χ4v) is 4.73. The van der Waals surface area contributed by atoms with Crippen molar-refractivity contribution in [1.82, 2.24) is 9.29 Å². The quantitative estimate of drug-likeness (QED) is 0.940. The molecule has 5 nitrogen and oxygen atoms in total. The Morgan fingerprint density at radius 1 is 1.25 bits per heavy atom. The average Bonchev–Trinajstić information content (AvgIpc) is 2.77. The number of benzene rings is 1. The van der Waals surface area contributed by atoms with Crippen LogP contribution >= 0.6 is 11.3 Å². The van der Waals surface area contributed by atoms with Crippen LogP contribution in [0.1, 0.15) is 24.2 Å². The van der Waals surface area contributed by atoms with Crippen LogP contribution in [0.3, 0.4) is 0 Å². The monoisotopic (exact) mass is 312 g/mol. The zero-order valence-electron chi connectivity index (χ0n) is 11.5. The van der Waals surface area contributed by atoms with Gasteiger partial charge in [-0.05, 0) is 19.4 Å². The van der Waals surface area contributed by atoms with Crippen LogP contribution in [0.15, 0.2) is 39.3 Å². The Bertz CT molecular complexity index is 747. The molecule has 1 N–H and O–H groups in total. The summed E-state index contributed by atoms with van der Waals surface area (Å²) in [5, 5.41) is 0. The molecule has 0 spiro atoms. The van der Waals surface area contributed by atoms with Crippen molar-refractivity contribution >= 4 is 21.4 Å². The number of hydrogen-bond donors (Lipinski definition) is 1. The second kappa shape index (κ2) is 5.51. The normalized spacial score (nSPS) is 13.6. The molecule has 0 aliphatic rings. The number of sulfonamides is 1. The molecule has 0 saturated heterocycles.